The van der Waals surface area contributed by atoms with Crippen molar-refractivity contribution in [1.82, 2.24) is 25.3 Å². The monoisotopic (exact) mass is 1270 g/mol. The van der Waals surface area contributed by atoms with Crippen LogP contribution in [-0.4, -0.2) is 143 Å². The van der Waals surface area contributed by atoms with E-state index in [0.29, 0.717) is 30.6 Å². The van der Waals surface area contributed by atoms with E-state index in [1.165, 1.54) is 28.9 Å². The lowest BCUT2D eigenvalue weighted by atomic mass is 9.81. The zero-order chi connectivity index (χ0) is 64.0. The molecule has 2 heterocycles. The number of nitrogens with one attached hydrogen (secondary N) is 2. The SMILES string of the molecule is CC[C@H](C)[C@H]1C(=O)N2CCC[C@H]2C(=O)O[C@H](C(C)(C)C)C[C@@H](C)C[C@H](OC(=O)OCC(Cl)(Cl)Cl)[C@H](C)C(=O)N[C@H](CSC(c2ccccc2)(c2ccccc2)c2ccccc2)/C=C(\C)C(=O)N[C@@H](Cc2ccc(OC)cc2)C(=O)N(C)[C@@H](C)C(=O)N1C. The van der Waals surface area contributed by atoms with Crippen LogP contribution in [0.5, 0.6) is 5.75 Å². The number of hydrogen-bond donors (Lipinski definition) is 2. The van der Waals surface area contributed by atoms with Gasteiger partial charge in [-0.3, -0.25) is 24.0 Å². The van der Waals surface area contributed by atoms with Crippen molar-refractivity contribution in [2.75, 3.05) is 40.1 Å². The number of alkyl halides is 3. The van der Waals surface area contributed by atoms with Gasteiger partial charge in [0.05, 0.1) is 23.8 Å². The van der Waals surface area contributed by atoms with Crippen LogP contribution in [0.2, 0.25) is 0 Å². The molecule has 0 aromatic heterocycles. The second kappa shape index (κ2) is 31.3. The minimum absolute atomic E-state index is 0.00459. The third kappa shape index (κ3) is 18.4. The molecule has 5 amide bonds. The van der Waals surface area contributed by atoms with Crippen LogP contribution in [0.4, 0.5) is 4.79 Å². The molecule has 1 fully saturated rings. The molecule has 0 saturated carbocycles. The summed E-state index contributed by atoms with van der Waals surface area (Å²) in [7, 11) is 4.57. The Morgan fingerprint density at radius 2 is 1.33 bits per heavy atom. The van der Waals surface area contributed by atoms with E-state index in [9.17, 15) is 24.0 Å². The maximum absolute atomic E-state index is 15.2. The van der Waals surface area contributed by atoms with E-state index in [4.69, 9.17) is 53.8 Å². The van der Waals surface area contributed by atoms with Gasteiger partial charge in [-0.05, 0) is 91.2 Å². The Balaban J connectivity index is 1.50. The third-order valence-corrected chi connectivity index (χ3v) is 18.7. The highest BCUT2D eigenvalue weighted by atomic mass is 35.6. The average Bonchev–Trinajstić information content (AvgIpc) is 4.12. The van der Waals surface area contributed by atoms with E-state index < -0.39 is 111 Å². The molecule has 0 aliphatic carbocycles. The standard InChI is InChI=1S/C67H86Cl3N5O11S/c1-13-43(3)57-62(80)75-35-23-30-54(75)63(81)86-56(65(7,8)9)37-42(2)36-55(85-64(82)84-41-66(68,69)70)45(5)59(77)71-51(40-87-67(48-24-17-14-18-25-48,49-26-19-15-20-27-49)50-28-21-16-22-29-50)38-44(4)58(76)72-53(39-47-31-33-52(83-12)34-32-47)61(79)73(10)46(6)60(78)74(57)11/h14-22,24-29,31-34,38,42-43,45-46,51,53-57H,13,23,30,35-37,39-41H2,1-12H3,(H,71,77)(H,72,76)/b44-38+/t42-,43-,45-,46-,51-,53-,54-,55-,56-,57-/m0/s1. The Labute approximate surface area is 533 Å². The van der Waals surface area contributed by atoms with Gasteiger partial charge in [-0.1, -0.05) is 199 Å². The van der Waals surface area contributed by atoms with Gasteiger partial charge in [-0.25, -0.2) is 9.59 Å². The number of fused-ring (bicyclic) bond motifs is 1. The Morgan fingerprint density at radius 3 is 1.85 bits per heavy atom. The Bertz CT molecular complexity index is 2900. The Morgan fingerprint density at radius 1 is 0.770 bits per heavy atom. The quantitative estimate of drug-likeness (QED) is 0.0733. The summed E-state index contributed by atoms with van der Waals surface area (Å²) in [4.78, 5) is 107. The normalized spacial score (nSPS) is 24.9. The Hall–Kier alpha value is -6.27. The number of ether oxygens (including phenoxy) is 4. The summed E-state index contributed by atoms with van der Waals surface area (Å²) in [6, 6.07) is 31.8. The second-order valence-corrected chi connectivity index (χ2v) is 27.9. The van der Waals surface area contributed by atoms with E-state index in [-0.39, 0.29) is 49.0 Å². The molecule has 10 atom stereocenters. The fourth-order valence-corrected chi connectivity index (χ4v) is 12.9. The van der Waals surface area contributed by atoms with Gasteiger partial charge in [0.15, 0.2) is 0 Å². The highest BCUT2D eigenvalue weighted by Gasteiger charge is 2.46. The molecule has 6 rings (SSSR count). The molecule has 0 bridgehead atoms. The third-order valence-electron chi connectivity index (χ3n) is 16.7. The number of likely N-dealkylation sites (N-methyl/N-ethyl adjacent to an activating group) is 2. The molecule has 472 valence electrons. The zero-order valence-electron chi connectivity index (χ0n) is 52.1. The summed E-state index contributed by atoms with van der Waals surface area (Å²) in [5, 5.41) is 6.19. The predicted molar refractivity (Wildman–Crippen MR) is 342 cm³/mol. The number of carbonyl (C=O) groups excluding carboxylic acids is 7. The van der Waals surface area contributed by atoms with Crippen LogP contribution in [0.25, 0.3) is 0 Å². The van der Waals surface area contributed by atoms with E-state index in [2.05, 4.69) is 47.0 Å². The first-order chi connectivity index (χ1) is 41.1. The first-order valence-electron chi connectivity index (χ1n) is 29.8. The van der Waals surface area contributed by atoms with Gasteiger partial charge < -0.3 is 44.3 Å². The van der Waals surface area contributed by atoms with E-state index in [0.717, 1.165) is 16.7 Å². The molecule has 0 unspecified atom stereocenters. The number of methoxy groups -OCH3 is 1. The maximum Gasteiger partial charge on any atom is 0.508 e. The van der Waals surface area contributed by atoms with Gasteiger partial charge in [0.25, 0.3) is 0 Å². The largest absolute Gasteiger partial charge is 0.508 e. The molecule has 0 radical (unpaired) electrons. The van der Waals surface area contributed by atoms with Crippen molar-refractivity contribution < 1.29 is 52.5 Å². The van der Waals surface area contributed by atoms with E-state index >= 15 is 9.59 Å². The van der Waals surface area contributed by atoms with Crippen LogP contribution in [0, 0.1) is 23.2 Å². The van der Waals surface area contributed by atoms with Gasteiger partial charge in [0.2, 0.25) is 33.3 Å². The highest BCUT2D eigenvalue weighted by Crippen LogP contribution is 2.49. The fourth-order valence-electron chi connectivity index (χ4n) is 11.2. The number of amides is 5. The van der Waals surface area contributed by atoms with Crippen LogP contribution >= 0.6 is 46.6 Å². The minimum Gasteiger partial charge on any atom is -0.497 e. The smallest absolute Gasteiger partial charge is 0.497 e. The van der Waals surface area contributed by atoms with Gasteiger partial charge in [-0.2, -0.15) is 0 Å². The first kappa shape index (κ1) is 69.8. The van der Waals surface area contributed by atoms with Crippen LogP contribution in [-0.2, 0) is 54.1 Å². The van der Waals surface area contributed by atoms with Crippen molar-refractivity contribution in [2.45, 2.75) is 152 Å². The van der Waals surface area contributed by atoms with Crippen molar-refractivity contribution in [3.63, 3.8) is 0 Å². The van der Waals surface area contributed by atoms with Crippen molar-refractivity contribution in [1.29, 1.82) is 0 Å². The summed E-state index contributed by atoms with van der Waals surface area (Å²) < 4.78 is 20.3. The summed E-state index contributed by atoms with van der Waals surface area (Å²) in [6.45, 7) is 15.9. The molecule has 20 heteroatoms. The van der Waals surface area contributed by atoms with Crippen molar-refractivity contribution in [3.05, 3.63) is 149 Å². The van der Waals surface area contributed by atoms with Crippen LogP contribution in [0.1, 0.15) is 117 Å². The number of nitrogens with zero attached hydrogens (tertiary/aromatic N) is 3. The van der Waals surface area contributed by atoms with Crippen molar-refractivity contribution in [3.8, 4) is 5.75 Å². The van der Waals surface area contributed by atoms with Gasteiger partial charge in [0, 0.05) is 38.4 Å². The highest BCUT2D eigenvalue weighted by molar-refractivity contribution is 8.00. The molecule has 1 saturated heterocycles. The predicted octanol–water partition coefficient (Wildman–Crippen LogP) is 11.5. The summed E-state index contributed by atoms with van der Waals surface area (Å²) in [5.74, 6) is -4.41. The van der Waals surface area contributed by atoms with E-state index in [1.807, 2.05) is 96.1 Å². The lowest BCUT2D eigenvalue weighted by Crippen LogP contribution is -2.59. The Kier molecular flexibility index (Phi) is 25.1. The van der Waals surface area contributed by atoms with E-state index in [1.54, 1.807) is 69.9 Å². The van der Waals surface area contributed by atoms with Crippen molar-refractivity contribution in [2.24, 2.45) is 23.2 Å². The number of benzene rings is 4. The molecular weight excluding hydrogens is 1190 g/mol. The molecular formula is C67H86Cl3N5O11S. The number of cyclic esters (lactones) is 1. The van der Waals surface area contributed by atoms with Gasteiger partial charge in [0.1, 0.15) is 48.7 Å². The number of rotatable bonds is 13. The topological polar surface area (TPSA) is 190 Å². The van der Waals surface area contributed by atoms with Crippen LogP contribution < -0.4 is 15.4 Å². The minimum atomic E-state index is -1.97. The molecule has 16 nitrogen and oxygen atoms in total. The number of hydrogen-bond acceptors (Lipinski definition) is 12. The molecule has 4 aromatic carbocycles. The molecule has 2 aliphatic heterocycles. The van der Waals surface area contributed by atoms with Gasteiger partial charge in [-0.15, -0.1) is 11.8 Å². The summed E-state index contributed by atoms with van der Waals surface area (Å²) >= 11 is 19.5. The van der Waals surface area contributed by atoms with Crippen LogP contribution in [0.3, 0.4) is 0 Å². The molecule has 0 spiro atoms. The fraction of sp³-hybridized carbons (Fsp3) is 0.507. The average molecular weight is 1280 g/mol. The lowest BCUT2D eigenvalue weighted by Gasteiger charge is -2.39. The van der Waals surface area contributed by atoms with Gasteiger partial charge >= 0.3 is 12.1 Å². The van der Waals surface area contributed by atoms with Crippen LogP contribution in [0.15, 0.2) is 127 Å². The molecule has 4 aromatic rings. The number of halogens is 3. The first-order valence-corrected chi connectivity index (χ1v) is 31.9. The number of esters is 1. The number of carbonyl (C=O) groups is 7. The zero-order valence-corrected chi connectivity index (χ0v) is 55.1. The number of thioether (sulfide) groups is 1. The lowest BCUT2D eigenvalue weighted by molar-refractivity contribution is -0.166. The summed E-state index contributed by atoms with van der Waals surface area (Å²) in [6.07, 6.45) is 0.229. The second-order valence-electron chi connectivity index (χ2n) is 24.2. The molecule has 2 aliphatic rings. The summed E-state index contributed by atoms with van der Waals surface area (Å²) in [5.41, 5.74) is 3.04. The molecule has 2 N–H and O–H groups in total. The van der Waals surface area contributed by atoms with Crippen molar-refractivity contribution >= 4 is 88.2 Å². The molecule has 87 heavy (non-hydrogen) atoms. The maximum atomic E-state index is 15.2.